The molecule has 0 bridgehead atoms. The first kappa shape index (κ1) is 31.9. The molecule has 1 heterocycles. The third kappa shape index (κ3) is 8.68. The molecule has 42 heavy (non-hydrogen) atoms. The van der Waals surface area contributed by atoms with E-state index in [2.05, 4.69) is 15.4 Å². The molecule has 0 saturated heterocycles. The highest BCUT2D eigenvalue weighted by molar-refractivity contribution is 5.97. The van der Waals surface area contributed by atoms with Crippen molar-refractivity contribution in [2.24, 2.45) is 0 Å². The van der Waals surface area contributed by atoms with Gasteiger partial charge in [0.25, 0.3) is 5.56 Å². The second kappa shape index (κ2) is 13.8. The zero-order valence-corrected chi connectivity index (χ0v) is 24.6. The van der Waals surface area contributed by atoms with Gasteiger partial charge in [-0.1, -0.05) is 36.4 Å². The number of nitrogens with one attached hydrogen (secondary N) is 2. The summed E-state index contributed by atoms with van der Waals surface area (Å²) in [7, 11) is 2.75. The molecule has 0 radical (unpaired) electrons. The van der Waals surface area contributed by atoms with Crippen LogP contribution in [0.2, 0.25) is 0 Å². The second-order valence-electron chi connectivity index (χ2n) is 10.7. The lowest BCUT2D eigenvalue weighted by Gasteiger charge is -2.24. The van der Waals surface area contributed by atoms with Crippen molar-refractivity contribution in [3.05, 3.63) is 93.4 Å². The van der Waals surface area contributed by atoms with E-state index in [1.165, 1.54) is 23.8 Å². The highest BCUT2D eigenvalue weighted by Crippen LogP contribution is 2.18. The lowest BCUT2D eigenvalue weighted by Crippen LogP contribution is -2.47. The van der Waals surface area contributed by atoms with Crippen molar-refractivity contribution < 1.29 is 33.7 Å². The normalized spacial score (nSPS) is 12.5. The van der Waals surface area contributed by atoms with E-state index in [-0.39, 0.29) is 18.7 Å². The van der Waals surface area contributed by atoms with E-state index in [1.54, 1.807) is 71.3 Å². The summed E-state index contributed by atoms with van der Waals surface area (Å²) in [5, 5.41) is 15.4. The number of hydrogen-bond donors (Lipinski definition) is 3. The summed E-state index contributed by atoms with van der Waals surface area (Å²) < 4.78 is 16.6. The van der Waals surface area contributed by atoms with Gasteiger partial charge in [0, 0.05) is 12.6 Å². The van der Waals surface area contributed by atoms with E-state index in [9.17, 15) is 24.3 Å². The molecule has 3 rings (SSSR count). The van der Waals surface area contributed by atoms with Crippen LogP contribution >= 0.6 is 0 Å². The Bertz CT molecular complexity index is 1460. The number of carbonyl (C=O) groups excluding carboxylic acids is 3. The first-order valence-electron chi connectivity index (χ1n) is 13.3. The van der Waals surface area contributed by atoms with Crippen molar-refractivity contribution in [3.8, 4) is 5.75 Å². The molecule has 2 aromatic carbocycles. The molecule has 0 aliphatic heterocycles. The maximum absolute atomic E-state index is 13.5. The average molecular weight is 580 g/mol. The molecule has 0 fully saturated rings. The highest BCUT2D eigenvalue weighted by atomic mass is 16.6. The Morgan fingerprint density at radius 1 is 0.952 bits per heavy atom. The molecule has 11 nitrogen and oxygen atoms in total. The maximum Gasteiger partial charge on any atom is 0.408 e. The smallest absolute Gasteiger partial charge is 0.408 e. The van der Waals surface area contributed by atoms with Crippen LogP contribution in [0.1, 0.15) is 49.1 Å². The number of anilines is 1. The third-order valence-electron chi connectivity index (χ3n) is 6.30. The van der Waals surface area contributed by atoms with E-state index in [0.29, 0.717) is 22.4 Å². The largest absolute Gasteiger partial charge is 0.497 e. The lowest BCUT2D eigenvalue weighted by molar-refractivity contribution is -0.150. The molecular weight excluding hydrogens is 542 g/mol. The van der Waals surface area contributed by atoms with Crippen molar-refractivity contribution in [1.29, 1.82) is 0 Å². The van der Waals surface area contributed by atoms with Crippen molar-refractivity contribution >= 4 is 23.7 Å². The zero-order valence-electron chi connectivity index (χ0n) is 24.6. The Morgan fingerprint density at radius 2 is 1.57 bits per heavy atom. The van der Waals surface area contributed by atoms with E-state index in [4.69, 9.17) is 9.47 Å². The molecule has 0 aliphatic carbocycles. The molecular formula is C31H37N3O8. The molecule has 3 aromatic rings. The van der Waals surface area contributed by atoms with Crippen LogP contribution in [0.3, 0.4) is 0 Å². The number of hydrogen-bond acceptors (Lipinski definition) is 8. The Balaban J connectivity index is 1.85. The van der Waals surface area contributed by atoms with Gasteiger partial charge in [-0.2, -0.15) is 0 Å². The topological polar surface area (TPSA) is 145 Å². The number of rotatable bonds is 10. The van der Waals surface area contributed by atoms with Gasteiger partial charge in [-0.05, 0) is 68.1 Å². The van der Waals surface area contributed by atoms with Gasteiger partial charge in [0.2, 0.25) is 5.91 Å². The van der Waals surface area contributed by atoms with Gasteiger partial charge in [0.15, 0.2) is 6.10 Å². The minimum atomic E-state index is -1.45. The summed E-state index contributed by atoms with van der Waals surface area (Å²) in [4.78, 5) is 51.2. The Hall–Kier alpha value is -4.64. The van der Waals surface area contributed by atoms with Gasteiger partial charge in [0.05, 0.1) is 20.8 Å². The van der Waals surface area contributed by atoms with Crippen LogP contribution in [-0.2, 0) is 32.0 Å². The number of ether oxygens (including phenoxy) is 3. The number of carbonyl (C=O) groups is 3. The minimum absolute atomic E-state index is 0.0333. The molecule has 1 aromatic heterocycles. The third-order valence-corrected chi connectivity index (χ3v) is 6.30. The summed E-state index contributed by atoms with van der Waals surface area (Å²) in [6.45, 7) is 7.08. The van der Waals surface area contributed by atoms with E-state index in [1.807, 2.05) is 12.1 Å². The molecule has 2 amide bonds. The number of nitrogens with zero attached hydrogens (tertiary/aromatic N) is 1. The molecule has 0 saturated carbocycles. The number of aliphatic hydroxyl groups excluding tert-OH is 1. The molecule has 2 atom stereocenters. The number of aliphatic hydroxyl groups is 1. The fraction of sp³-hybridized carbons (Fsp3) is 0.355. The van der Waals surface area contributed by atoms with Crippen LogP contribution in [0.4, 0.5) is 10.5 Å². The first-order chi connectivity index (χ1) is 19.8. The number of aryl methyl sites for hydroxylation is 1. The zero-order chi connectivity index (χ0) is 31.0. The number of alkyl carbamates (subject to hydrolysis) is 1. The summed E-state index contributed by atoms with van der Waals surface area (Å²) in [5.74, 6) is -0.731. The van der Waals surface area contributed by atoms with Crippen molar-refractivity contribution in [1.82, 2.24) is 9.88 Å². The highest BCUT2D eigenvalue weighted by Gasteiger charge is 2.26. The molecule has 11 heteroatoms. The van der Waals surface area contributed by atoms with Gasteiger partial charge < -0.3 is 34.5 Å². The van der Waals surface area contributed by atoms with Gasteiger partial charge in [-0.3, -0.25) is 9.59 Å². The van der Waals surface area contributed by atoms with E-state index < -0.39 is 41.3 Å². The SMILES string of the molecule is COC(=O)C(O)c1ccc(CC(NC(=O)OC(C)(C)C)C(=O)Nc2c(C)ccn(Cc3ccc(OC)cc3)c2=O)cc1. The van der Waals surface area contributed by atoms with E-state index >= 15 is 0 Å². The van der Waals surface area contributed by atoms with Crippen LogP contribution in [0.15, 0.2) is 65.6 Å². The van der Waals surface area contributed by atoms with Crippen LogP contribution in [0.25, 0.3) is 0 Å². The van der Waals surface area contributed by atoms with Gasteiger partial charge >= 0.3 is 12.1 Å². The predicted molar refractivity (Wildman–Crippen MR) is 156 cm³/mol. The Kier molecular flexibility index (Phi) is 10.5. The van der Waals surface area contributed by atoms with Crippen LogP contribution in [-0.4, -0.2) is 53.5 Å². The second-order valence-corrected chi connectivity index (χ2v) is 10.7. The van der Waals surface area contributed by atoms with Gasteiger partial charge in [-0.15, -0.1) is 0 Å². The molecule has 2 unspecified atom stereocenters. The number of aromatic nitrogens is 1. The predicted octanol–water partition coefficient (Wildman–Crippen LogP) is 3.49. The fourth-order valence-corrected chi connectivity index (χ4v) is 4.06. The molecule has 3 N–H and O–H groups in total. The van der Waals surface area contributed by atoms with Crippen molar-refractivity contribution in [2.45, 2.75) is 58.4 Å². The van der Waals surface area contributed by atoms with Crippen LogP contribution in [0.5, 0.6) is 5.75 Å². The quantitative estimate of drug-likeness (QED) is 0.310. The molecule has 224 valence electrons. The molecule has 0 aliphatic rings. The fourth-order valence-electron chi connectivity index (χ4n) is 4.06. The molecule has 0 spiro atoms. The number of methoxy groups -OCH3 is 2. The number of esters is 1. The van der Waals surface area contributed by atoms with Crippen LogP contribution < -0.4 is 20.9 Å². The minimum Gasteiger partial charge on any atom is -0.497 e. The average Bonchev–Trinajstić information content (AvgIpc) is 2.95. The van der Waals surface area contributed by atoms with Crippen molar-refractivity contribution in [3.63, 3.8) is 0 Å². The maximum atomic E-state index is 13.5. The summed E-state index contributed by atoms with van der Waals surface area (Å²) in [6.07, 6.45) is -0.574. The summed E-state index contributed by atoms with van der Waals surface area (Å²) in [5.41, 5.74) is 1.22. The Morgan fingerprint density at radius 3 is 2.14 bits per heavy atom. The van der Waals surface area contributed by atoms with Gasteiger partial charge in [0.1, 0.15) is 23.1 Å². The summed E-state index contributed by atoms with van der Waals surface area (Å²) >= 11 is 0. The van der Waals surface area contributed by atoms with E-state index in [0.717, 1.165) is 5.56 Å². The van der Waals surface area contributed by atoms with Crippen molar-refractivity contribution in [2.75, 3.05) is 19.5 Å². The van der Waals surface area contributed by atoms with Gasteiger partial charge in [-0.25, -0.2) is 9.59 Å². The van der Waals surface area contributed by atoms with Crippen LogP contribution in [0, 0.1) is 6.92 Å². The monoisotopic (exact) mass is 579 g/mol. The first-order valence-corrected chi connectivity index (χ1v) is 13.3. The number of benzene rings is 2. The number of amides is 2. The summed E-state index contributed by atoms with van der Waals surface area (Å²) in [6, 6.07) is 14.2. The standard InChI is InChI=1S/C31H37N3O8/c1-19-15-16-34(18-21-9-13-23(40-5)14-10-21)28(37)25(19)33-27(36)24(32-30(39)42-31(2,3)4)17-20-7-11-22(12-8-20)26(35)29(38)41-6/h7-16,24,26,35H,17-18H2,1-6H3,(H,32,39)(H,33,36). The number of pyridine rings is 1. The Labute approximate surface area is 244 Å². The lowest BCUT2D eigenvalue weighted by atomic mass is 10.0.